The molecule has 3 fully saturated rings. The molecule has 0 aromatic carbocycles. The molecule has 2 heterocycles. The van der Waals surface area contributed by atoms with E-state index in [1.54, 1.807) is 0 Å². The summed E-state index contributed by atoms with van der Waals surface area (Å²) in [7, 11) is 0. The van der Waals surface area contributed by atoms with Crippen LogP contribution >= 0.6 is 0 Å². The lowest BCUT2D eigenvalue weighted by Crippen LogP contribution is -2.51. The number of nitrogens with one attached hydrogen (secondary N) is 2. The van der Waals surface area contributed by atoms with Gasteiger partial charge in [-0.05, 0) is 70.0 Å². The van der Waals surface area contributed by atoms with Crippen molar-refractivity contribution >= 4 is 5.91 Å². The van der Waals surface area contributed by atoms with E-state index in [1.807, 2.05) is 0 Å². The molecule has 1 saturated carbocycles. The monoisotopic (exact) mass is 279 g/mol. The SMILES string of the molecule is CC(CNC(=O)C1CCCN1C1CCNCC1)C1CC1. The van der Waals surface area contributed by atoms with Gasteiger partial charge in [-0.25, -0.2) is 0 Å². The van der Waals surface area contributed by atoms with Gasteiger partial charge < -0.3 is 10.6 Å². The summed E-state index contributed by atoms with van der Waals surface area (Å²) in [5.41, 5.74) is 0. The van der Waals surface area contributed by atoms with E-state index in [9.17, 15) is 4.79 Å². The van der Waals surface area contributed by atoms with Crippen LogP contribution in [0.25, 0.3) is 0 Å². The van der Waals surface area contributed by atoms with Crippen molar-refractivity contribution in [3.63, 3.8) is 0 Å². The van der Waals surface area contributed by atoms with Crippen LogP contribution in [-0.4, -0.2) is 49.1 Å². The molecule has 20 heavy (non-hydrogen) atoms. The van der Waals surface area contributed by atoms with Crippen LogP contribution in [0.3, 0.4) is 0 Å². The number of nitrogens with zero attached hydrogens (tertiary/aromatic N) is 1. The summed E-state index contributed by atoms with van der Waals surface area (Å²) >= 11 is 0. The van der Waals surface area contributed by atoms with Gasteiger partial charge in [0.1, 0.15) is 0 Å². The second-order valence-electron chi connectivity index (χ2n) is 6.94. The Bertz CT molecular complexity index is 337. The van der Waals surface area contributed by atoms with Crippen LogP contribution in [0.5, 0.6) is 0 Å². The summed E-state index contributed by atoms with van der Waals surface area (Å²) in [5, 5.41) is 6.63. The number of hydrogen-bond acceptors (Lipinski definition) is 3. The van der Waals surface area contributed by atoms with Gasteiger partial charge >= 0.3 is 0 Å². The summed E-state index contributed by atoms with van der Waals surface area (Å²) in [6.45, 7) is 6.47. The second-order valence-corrected chi connectivity index (χ2v) is 6.94. The van der Waals surface area contributed by atoms with Crippen molar-refractivity contribution in [2.24, 2.45) is 11.8 Å². The third kappa shape index (κ3) is 3.34. The van der Waals surface area contributed by atoms with Gasteiger partial charge in [-0.1, -0.05) is 6.92 Å². The minimum atomic E-state index is 0.143. The number of hydrogen-bond donors (Lipinski definition) is 2. The highest BCUT2D eigenvalue weighted by molar-refractivity contribution is 5.82. The second kappa shape index (κ2) is 6.44. The average Bonchev–Trinajstić information content (AvgIpc) is 3.22. The first kappa shape index (κ1) is 14.3. The molecule has 0 radical (unpaired) electrons. The minimum absolute atomic E-state index is 0.143. The number of piperidine rings is 1. The normalized spacial score (nSPS) is 30.4. The Morgan fingerprint density at radius 3 is 2.70 bits per heavy atom. The third-order valence-corrected chi connectivity index (χ3v) is 5.40. The Balaban J connectivity index is 1.49. The molecule has 2 atom stereocenters. The van der Waals surface area contributed by atoms with E-state index < -0.39 is 0 Å². The van der Waals surface area contributed by atoms with Crippen molar-refractivity contribution < 1.29 is 4.79 Å². The van der Waals surface area contributed by atoms with Crippen LogP contribution in [0.1, 0.15) is 45.4 Å². The zero-order valence-electron chi connectivity index (χ0n) is 12.7. The lowest BCUT2D eigenvalue weighted by Gasteiger charge is -2.35. The molecule has 0 bridgehead atoms. The van der Waals surface area contributed by atoms with Gasteiger partial charge in [0.05, 0.1) is 6.04 Å². The van der Waals surface area contributed by atoms with E-state index in [4.69, 9.17) is 0 Å². The van der Waals surface area contributed by atoms with Crippen molar-refractivity contribution in [2.75, 3.05) is 26.2 Å². The number of carbonyl (C=O) groups is 1. The molecule has 1 amide bonds. The fraction of sp³-hybridized carbons (Fsp3) is 0.938. The standard InChI is InChI=1S/C16H29N3O/c1-12(13-4-5-13)11-18-16(20)15-3-2-10-19(15)14-6-8-17-9-7-14/h12-15,17H,2-11H2,1H3,(H,18,20). The predicted molar refractivity (Wildman–Crippen MR) is 80.5 cm³/mol. The molecule has 0 spiro atoms. The van der Waals surface area contributed by atoms with Crippen molar-refractivity contribution in [2.45, 2.75) is 57.5 Å². The Labute approximate surface area is 122 Å². The van der Waals surface area contributed by atoms with E-state index >= 15 is 0 Å². The van der Waals surface area contributed by atoms with Crippen LogP contribution < -0.4 is 10.6 Å². The highest BCUT2D eigenvalue weighted by Gasteiger charge is 2.36. The van der Waals surface area contributed by atoms with Gasteiger partial charge in [-0.2, -0.15) is 0 Å². The molecular weight excluding hydrogens is 250 g/mol. The molecule has 2 saturated heterocycles. The molecule has 114 valence electrons. The average molecular weight is 279 g/mol. The molecule has 3 aliphatic rings. The zero-order chi connectivity index (χ0) is 13.9. The van der Waals surface area contributed by atoms with Gasteiger partial charge in [0.15, 0.2) is 0 Å². The molecule has 2 aliphatic heterocycles. The first-order chi connectivity index (χ1) is 9.75. The highest BCUT2D eigenvalue weighted by atomic mass is 16.2. The van der Waals surface area contributed by atoms with Crippen LogP contribution in [-0.2, 0) is 4.79 Å². The van der Waals surface area contributed by atoms with Gasteiger partial charge in [-0.3, -0.25) is 9.69 Å². The Morgan fingerprint density at radius 2 is 2.00 bits per heavy atom. The summed E-state index contributed by atoms with van der Waals surface area (Å²) in [4.78, 5) is 15.0. The molecule has 0 aromatic rings. The third-order valence-electron chi connectivity index (χ3n) is 5.40. The van der Waals surface area contributed by atoms with Crippen LogP contribution in [0.15, 0.2) is 0 Å². The van der Waals surface area contributed by atoms with Gasteiger partial charge in [0, 0.05) is 12.6 Å². The molecule has 3 rings (SSSR count). The number of likely N-dealkylation sites (tertiary alicyclic amines) is 1. The van der Waals surface area contributed by atoms with Gasteiger partial charge in [0.25, 0.3) is 0 Å². The van der Waals surface area contributed by atoms with Crippen LogP contribution in [0, 0.1) is 11.8 Å². The van der Waals surface area contributed by atoms with Gasteiger partial charge in [-0.15, -0.1) is 0 Å². The zero-order valence-corrected chi connectivity index (χ0v) is 12.7. The molecule has 0 aromatic heterocycles. The van der Waals surface area contributed by atoms with Crippen molar-refractivity contribution in [1.82, 2.24) is 15.5 Å². The lowest BCUT2D eigenvalue weighted by atomic mass is 10.0. The smallest absolute Gasteiger partial charge is 0.237 e. The summed E-state index contributed by atoms with van der Waals surface area (Å²) in [6, 6.07) is 0.764. The van der Waals surface area contributed by atoms with E-state index in [1.165, 1.54) is 32.1 Å². The Kier molecular flexibility index (Phi) is 4.61. The molecule has 4 nitrogen and oxygen atoms in total. The first-order valence-corrected chi connectivity index (χ1v) is 8.50. The largest absolute Gasteiger partial charge is 0.354 e. The Hall–Kier alpha value is -0.610. The minimum Gasteiger partial charge on any atom is -0.354 e. The summed E-state index contributed by atoms with van der Waals surface area (Å²) in [6.07, 6.45) is 7.35. The Morgan fingerprint density at radius 1 is 1.25 bits per heavy atom. The number of amides is 1. The van der Waals surface area contributed by atoms with Crippen LogP contribution in [0.4, 0.5) is 0 Å². The maximum atomic E-state index is 12.5. The predicted octanol–water partition coefficient (Wildman–Crippen LogP) is 1.37. The van der Waals surface area contributed by atoms with E-state index in [0.717, 1.165) is 38.5 Å². The molecule has 2 unspecified atom stereocenters. The number of carbonyl (C=O) groups excluding carboxylic acids is 1. The van der Waals surface area contributed by atoms with Crippen LogP contribution in [0.2, 0.25) is 0 Å². The lowest BCUT2D eigenvalue weighted by molar-refractivity contribution is -0.126. The van der Waals surface area contributed by atoms with Gasteiger partial charge in [0.2, 0.25) is 5.91 Å². The molecule has 2 N–H and O–H groups in total. The van der Waals surface area contributed by atoms with Crippen molar-refractivity contribution in [3.8, 4) is 0 Å². The van der Waals surface area contributed by atoms with Crippen molar-refractivity contribution in [3.05, 3.63) is 0 Å². The van der Waals surface area contributed by atoms with E-state index in [2.05, 4.69) is 22.5 Å². The summed E-state index contributed by atoms with van der Waals surface area (Å²) in [5.74, 6) is 1.82. The maximum absolute atomic E-state index is 12.5. The number of rotatable bonds is 5. The van der Waals surface area contributed by atoms with E-state index in [0.29, 0.717) is 12.0 Å². The summed E-state index contributed by atoms with van der Waals surface area (Å²) < 4.78 is 0. The highest BCUT2D eigenvalue weighted by Crippen LogP contribution is 2.36. The fourth-order valence-corrected chi connectivity index (χ4v) is 3.86. The topological polar surface area (TPSA) is 44.4 Å². The fourth-order valence-electron chi connectivity index (χ4n) is 3.86. The quantitative estimate of drug-likeness (QED) is 0.799. The van der Waals surface area contributed by atoms with Crippen molar-refractivity contribution in [1.29, 1.82) is 0 Å². The molecule has 1 aliphatic carbocycles. The first-order valence-electron chi connectivity index (χ1n) is 8.50. The molecule has 4 heteroatoms. The molecular formula is C16H29N3O. The maximum Gasteiger partial charge on any atom is 0.237 e. The van der Waals surface area contributed by atoms with E-state index in [-0.39, 0.29) is 11.9 Å².